The minimum absolute atomic E-state index is 0.0476. The van der Waals surface area contributed by atoms with Crippen LogP contribution in [0.1, 0.15) is 38.2 Å². The normalized spacial score (nSPS) is 13.8. The third-order valence-electron chi connectivity index (χ3n) is 4.57. The van der Waals surface area contributed by atoms with Crippen LogP contribution in [0.15, 0.2) is 24.3 Å². The van der Waals surface area contributed by atoms with E-state index < -0.39 is 0 Å². The third kappa shape index (κ3) is 6.48. The van der Waals surface area contributed by atoms with Gasteiger partial charge in [-0.2, -0.15) is 5.26 Å². The first-order chi connectivity index (χ1) is 13.2. The summed E-state index contributed by atoms with van der Waals surface area (Å²) in [5.41, 5.74) is 1.60. The number of nitriles is 1. The average molecular weight is 372 g/mol. The van der Waals surface area contributed by atoms with Crippen molar-refractivity contribution in [2.75, 3.05) is 44.2 Å². The molecule has 0 radical (unpaired) electrons. The number of urea groups is 1. The average Bonchev–Trinajstić information content (AvgIpc) is 2.70. The number of nitrogens with one attached hydrogen (secondary N) is 1. The van der Waals surface area contributed by atoms with Gasteiger partial charge in [-0.1, -0.05) is 18.6 Å². The minimum Gasteiger partial charge on any atom is -0.466 e. The Kier molecular flexibility index (Phi) is 8.43. The molecule has 0 saturated carbocycles. The fourth-order valence-electron chi connectivity index (χ4n) is 3.11. The molecule has 1 fully saturated rings. The molecule has 27 heavy (non-hydrogen) atoms. The number of benzene rings is 1. The fourth-order valence-corrected chi connectivity index (χ4v) is 3.11. The second kappa shape index (κ2) is 11.1. The molecule has 7 heteroatoms. The number of hydrogen-bond donors (Lipinski definition) is 1. The summed E-state index contributed by atoms with van der Waals surface area (Å²) in [5, 5.41) is 12.2. The predicted molar refractivity (Wildman–Crippen MR) is 103 cm³/mol. The molecule has 0 aliphatic carbocycles. The van der Waals surface area contributed by atoms with E-state index in [1.165, 1.54) is 0 Å². The molecule has 146 valence electrons. The number of unbranched alkanes of at least 4 members (excludes halogenated alkanes) is 2. The van der Waals surface area contributed by atoms with E-state index in [1.54, 1.807) is 6.92 Å². The van der Waals surface area contributed by atoms with E-state index in [1.807, 2.05) is 29.2 Å². The first-order valence-electron chi connectivity index (χ1n) is 9.58. The van der Waals surface area contributed by atoms with Crippen molar-refractivity contribution in [3.8, 4) is 6.07 Å². The van der Waals surface area contributed by atoms with Gasteiger partial charge in [0.2, 0.25) is 0 Å². The van der Waals surface area contributed by atoms with Crippen LogP contribution in [0.3, 0.4) is 0 Å². The first-order valence-corrected chi connectivity index (χ1v) is 9.58. The molecule has 0 aromatic heterocycles. The summed E-state index contributed by atoms with van der Waals surface area (Å²) < 4.78 is 4.88. The van der Waals surface area contributed by atoms with Gasteiger partial charge in [-0.3, -0.25) is 4.79 Å². The lowest BCUT2D eigenvalue weighted by molar-refractivity contribution is -0.143. The Hall–Kier alpha value is -2.75. The van der Waals surface area contributed by atoms with Gasteiger partial charge in [0, 0.05) is 39.1 Å². The van der Waals surface area contributed by atoms with E-state index in [0.29, 0.717) is 51.3 Å². The number of hydrogen-bond acceptors (Lipinski definition) is 5. The molecule has 1 aliphatic heterocycles. The van der Waals surface area contributed by atoms with E-state index >= 15 is 0 Å². The molecule has 0 atom stereocenters. The summed E-state index contributed by atoms with van der Waals surface area (Å²) in [6, 6.07) is 9.73. The van der Waals surface area contributed by atoms with Gasteiger partial charge in [0.15, 0.2) is 0 Å². The molecule has 1 aliphatic rings. The maximum absolute atomic E-state index is 12.3. The zero-order chi connectivity index (χ0) is 19.5. The molecule has 1 saturated heterocycles. The van der Waals surface area contributed by atoms with Gasteiger partial charge in [0.25, 0.3) is 0 Å². The minimum atomic E-state index is -0.155. The molecular weight excluding hydrogens is 344 g/mol. The summed E-state index contributed by atoms with van der Waals surface area (Å²) >= 11 is 0. The highest BCUT2D eigenvalue weighted by molar-refractivity contribution is 5.74. The quantitative estimate of drug-likeness (QED) is 0.560. The van der Waals surface area contributed by atoms with E-state index in [2.05, 4.69) is 16.3 Å². The summed E-state index contributed by atoms with van der Waals surface area (Å²) in [5.74, 6) is -0.155. The van der Waals surface area contributed by atoms with Crippen LogP contribution in [0.5, 0.6) is 0 Å². The van der Waals surface area contributed by atoms with E-state index in [9.17, 15) is 14.9 Å². The molecular formula is C20H28N4O3. The number of anilines is 1. The van der Waals surface area contributed by atoms with Crippen molar-refractivity contribution in [2.45, 2.75) is 32.6 Å². The van der Waals surface area contributed by atoms with Crippen LogP contribution in [0.25, 0.3) is 0 Å². The van der Waals surface area contributed by atoms with Gasteiger partial charge < -0.3 is 19.9 Å². The highest BCUT2D eigenvalue weighted by Crippen LogP contribution is 2.21. The Morgan fingerprint density at radius 2 is 1.89 bits per heavy atom. The Morgan fingerprint density at radius 1 is 1.15 bits per heavy atom. The number of nitrogens with zero attached hydrogens (tertiary/aromatic N) is 3. The Bertz CT molecular complexity index is 663. The van der Waals surface area contributed by atoms with Gasteiger partial charge in [-0.05, 0) is 31.9 Å². The molecule has 0 bridgehead atoms. The lowest BCUT2D eigenvalue weighted by Gasteiger charge is -2.36. The highest BCUT2D eigenvalue weighted by atomic mass is 16.5. The summed E-state index contributed by atoms with van der Waals surface area (Å²) in [6.45, 7) is 5.53. The highest BCUT2D eigenvalue weighted by Gasteiger charge is 2.22. The molecule has 0 unspecified atom stereocenters. The number of amides is 2. The number of carbonyl (C=O) groups excluding carboxylic acids is 2. The monoisotopic (exact) mass is 372 g/mol. The zero-order valence-corrected chi connectivity index (χ0v) is 15.9. The summed E-state index contributed by atoms with van der Waals surface area (Å²) in [7, 11) is 0. The van der Waals surface area contributed by atoms with Crippen LogP contribution in [0.2, 0.25) is 0 Å². The van der Waals surface area contributed by atoms with Gasteiger partial charge in [-0.25, -0.2) is 4.79 Å². The Labute approximate surface area is 160 Å². The molecule has 1 heterocycles. The molecule has 2 amide bonds. The van der Waals surface area contributed by atoms with Gasteiger partial charge in [0.1, 0.15) is 6.07 Å². The first kappa shape index (κ1) is 20.6. The van der Waals surface area contributed by atoms with Crippen molar-refractivity contribution in [2.24, 2.45) is 0 Å². The van der Waals surface area contributed by atoms with Crippen molar-refractivity contribution in [1.29, 1.82) is 5.26 Å². The summed E-state index contributed by atoms with van der Waals surface area (Å²) in [6.07, 6.45) is 2.96. The fraction of sp³-hybridized carbons (Fsp3) is 0.550. The number of ether oxygens (including phenoxy) is 1. The van der Waals surface area contributed by atoms with Crippen molar-refractivity contribution >= 4 is 17.7 Å². The number of para-hydroxylation sites is 1. The smallest absolute Gasteiger partial charge is 0.317 e. The molecule has 1 aromatic rings. The van der Waals surface area contributed by atoms with Crippen molar-refractivity contribution in [3.05, 3.63) is 29.8 Å². The standard InChI is InChI=1S/C20H28N4O3/c1-2-27-19(25)10-4-3-7-11-22-20(26)24-14-12-23(13-15-24)18-9-6-5-8-17(18)16-21/h5-6,8-9H,2-4,7,10-15H2,1H3,(H,22,26). The Balaban J connectivity index is 1.64. The topological polar surface area (TPSA) is 85.7 Å². The second-order valence-corrected chi connectivity index (χ2v) is 6.45. The number of esters is 1. The Morgan fingerprint density at radius 3 is 2.59 bits per heavy atom. The number of rotatable bonds is 8. The summed E-state index contributed by atoms with van der Waals surface area (Å²) in [4.78, 5) is 27.5. The van der Waals surface area contributed by atoms with Crippen LogP contribution in [0.4, 0.5) is 10.5 Å². The maximum atomic E-state index is 12.3. The van der Waals surface area contributed by atoms with Crippen molar-refractivity contribution in [3.63, 3.8) is 0 Å². The third-order valence-corrected chi connectivity index (χ3v) is 4.57. The van der Waals surface area contributed by atoms with Gasteiger partial charge in [0.05, 0.1) is 17.9 Å². The van der Waals surface area contributed by atoms with Gasteiger partial charge >= 0.3 is 12.0 Å². The number of piperazine rings is 1. The lowest BCUT2D eigenvalue weighted by Crippen LogP contribution is -2.52. The molecule has 1 N–H and O–H groups in total. The van der Waals surface area contributed by atoms with E-state index in [-0.39, 0.29) is 12.0 Å². The molecule has 0 spiro atoms. The van der Waals surface area contributed by atoms with Crippen molar-refractivity contribution in [1.82, 2.24) is 10.2 Å². The second-order valence-electron chi connectivity index (χ2n) is 6.45. The van der Waals surface area contributed by atoms with Crippen molar-refractivity contribution < 1.29 is 14.3 Å². The predicted octanol–water partition coefficient (Wildman–Crippen LogP) is 2.51. The van der Waals surface area contributed by atoms with E-state index in [4.69, 9.17) is 4.74 Å². The van der Waals surface area contributed by atoms with Crippen LogP contribution < -0.4 is 10.2 Å². The SMILES string of the molecule is CCOC(=O)CCCCCNC(=O)N1CCN(c2ccccc2C#N)CC1. The van der Waals surface area contributed by atoms with Crippen LogP contribution in [-0.4, -0.2) is 56.2 Å². The largest absolute Gasteiger partial charge is 0.466 e. The van der Waals surface area contributed by atoms with Crippen LogP contribution >= 0.6 is 0 Å². The lowest BCUT2D eigenvalue weighted by atomic mass is 10.1. The number of carbonyl (C=O) groups is 2. The van der Waals surface area contributed by atoms with Gasteiger partial charge in [-0.15, -0.1) is 0 Å². The van der Waals surface area contributed by atoms with E-state index in [0.717, 1.165) is 24.9 Å². The zero-order valence-electron chi connectivity index (χ0n) is 15.9. The maximum Gasteiger partial charge on any atom is 0.317 e. The molecule has 1 aromatic carbocycles. The molecule has 2 rings (SSSR count). The van der Waals surface area contributed by atoms with Crippen LogP contribution in [0, 0.1) is 11.3 Å². The van der Waals surface area contributed by atoms with Crippen LogP contribution in [-0.2, 0) is 9.53 Å². The molecule has 7 nitrogen and oxygen atoms in total.